The molecule has 0 atom stereocenters. The Morgan fingerprint density at radius 2 is 1.42 bits per heavy atom. The first-order valence-electron chi connectivity index (χ1n) is 8.62. The number of pyridine rings is 1. The van der Waals surface area contributed by atoms with E-state index in [2.05, 4.69) is 79.2 Å². The van der Waals surface area contributed by atoms with Gasteiger partial charge in [-0.25, -0.2) is 4.99 Å². The maximum absolute atomic E-state index is 4.92. The van der Waals surface area contributed by atoms with E-state index in [9.17, 15) is 0 Å². The van der Waals surface area contributed by atoms with Gasteiger partial charge in [0.2, 0.25) is 0 Å². The third-order valence-corrected chi connectivity index (χ3v) is 4.73. The van der Waals surface area contributed by atoms with Crippen molar-refractivity contribution in [2.45, 2.75) is 33.1 Å². The second-order valence-electron chi connectivity index (χ2n) is 6.69. The summed E-state index contributed by atoms with van der Waals surface area (Å²) in [6, 6.07) is 19.3. The van der Waals surface area contributed by atoms with Crippen LogP contribution in [0.1, 0.15) is 28.7 Å². The summed E-state index contributed by atoms with van der Waals surface area (Å²) in [7, 11) is 0. The van der Waals surface area contributed by atoms with Gasteiger partial charge in [0.15, 0.2) is 0 Å². The molecule has 0 amide bonds. The fraction of sp³-hybridized carbons (Fsp3) is 0.227. The smallest absolute Gasteiger partial charge is 0.138 e. The van der Waals surface area contributed by atoms with Gasteiger partial charge in [0.05, 0.1) is 5.69 Å². The molecule has 0 unspecified atom stereocenters. The van der Waals surface area contributed by atoms with E-state index in [0.29, 0.717) is 0 Å². The van der Waals surface area contributed by atoms with Crippen molar-refractivity contribution in [3.8, 4) is 5.69 Å². The highest BCUT2D eigenvalue weighted by Crippen LogP contribution is 2.21. The Labute approximate surface area is 143 Å². The van der Waals surface area contributed by atoms with Gasteiger partial charge < -0.3 is 4.57 Å². The minimum atomic E-state index is 0.999. The van der Waals surface area contributed by atoms with Crippen molar-refractivity contribution >= 4 is 5.69 Å². The molecule has 2 aromatic carbocycles. The van der Waals surface area contributed by atoms with Crippen LogP contribution in [0.3, 0.4) is 0 Å². The van der Waals surface area contributed by atoms with E-state index in [1.54, 1.807) is 0 Å². The molecule has 2 heteroatoms. The van der Waals surface area contributed by atoms with Gasteiger partial charge in [0.1, 0.15) is 5.49 Å². The molecule has 0 aliphatic heterocycles. The monoisotopic (exact) mass is 314 g/mol. The average Bonchev–Trinajstić information content (AvgIpc) is 3.04. The highest BCUT2D eigenvalue weighted by Gasteiger charge is 2.13. The van der Waals surface area contributed by atoms with E-state index in [0.717, 1.165) is 11.2 Å². The fourth-order valence-corrected chi connectivity index (χ4v) is 3.30. The number of fused-ring (bicyclic) bond motifs is 1. The third-order valence-electron chi connectivity index (χ3n) is 4.73. The van der Waals surface area contributed by atoms with Crippen molar-refractivity contribution < 1.29 is 0 Å². The number of aryl methyl sites for hydroxylation is 4. The molecule has 24 heavy (non-hydrogen) atoms. The molecular formula is C22H22N2. The Morgan fingerprint density at radius 3 is 2.12 bits per heavy atom. The van der Waals surface area contributed by atoms with Crippen molar-refractivity contribution in [2.75, 3.05) is 0 Å². The van der Waals surface area contributed by atoms with E-state index >= 15 is 0 Å². The predicted molar refractivity (Wildman–Crippen MR) is 98.9 cm³/mol. The van der Waals surface area contributed by atoms with Gasteiger partial charge in [-0.3, -0.25) is 0 Å². The average molecular weight is 314 g/mol. The number of benzene rings is 2. The number of nitrogens with zero attached hydrogens (tertiary/aromatic N) is 2. The quantitative estimate of drug-likeness (QED) is 0.645. The topological polar surface area (TPSA) is 17.3 Å². The minimum Gasteiger partial charge on any atom is -0.302 e. The molecule has 0 spiro atoms. The summed E-state index contributed by atoms with van der Waals surface area (Å²) in [6.07, 6.45) is 5.86. The lowest BCUT2D eigenvalue weighted by Crippen LogP contribution is -2.19. The maximum Gasteiger partial charge on any atom is 0.138 e. The molecule has 0 N–H and O–H groups in total. The minimum absolute atomic E-state index is 0.999. The standard InChI is InChI=1S/C22H22N2/c1-16-6-10-20(11-7-16)23-22-14-18-4-3-5-19(18)15-24(22)21-12-8-17(2)9-13-21/h6-15H,3-5H2,1-2H3. The summed E-state index contributed by atoms with van der Waals surface area (Å²) < 4.78 is 2.23. The van der Waals surface area contributed by atoms with E-state index < -0.39 is 0 Å². The molecule has 1 aliphatic rings. The van der Waals surface area contributed by atoms with E-state index in [4.69, 9.17) is 4.99 Å². The molecule has 1 aliphatic carbocycles. The van der Waals surface area contributed by atoms with Crippen LogP contribution in [0.4, 0.5) is 5.69 Å². The Balaban J connectivity index is 1.91. The Bertz CT molecular complexity index is 929. The maximum atomic E-state index is 4.92. The van der Waals surface area contributed by atoms with E-state index in [1.165, 1.54) is 47.2 Å². The second kappa shape index (κ2) is 6.12. The number of aromatic nitrogens is 1. The largest absolute Gasteiger partial charge is 0.302 e. The van der Waals surface area contributed by atoms with Crippen molar-refractivity contribution in [3.63, 3.8) is 0 Å². The molecule has 0 bridgehead atoms. The Morgan fingerprint density at radius 1 is 0.792 bits per heavy atom. The van der Waals surface area contributed by atoms with Crippen LogP contribution in [0.2, 0.25) is 0 Å². The number of hydrogen-bond acceptors (Lipinski definition) is 1. The van der Waals surface area contributed by atoms with Crippen LogP contribution in [0.25, 0.3) is 5.69 Å². The highest BCUT2D eigenvalue weighted by atomic mass is 15.0. The van der Waals surface area contributed by atoms with Gasteiger partial charge in [-0.15, -0.1) is 0 Å². The molecule has 0 saturated heterocycles. The summed E-state index contributed by atoms with van der Waals surface area (Å²) in [6.45, 7) is 4.22. The SMILES string of the molecule is Cc1ccc(N=c2cc3c(cn2-c2ccc(C)cc2)CCC3)cc1. The Hall–Kier alpha value is -2.61. The lowest BCUT2D eigenvalue weighted by atomic mass is 10.1. The zero-order valence-corrected chi connectivity index (χ0v) is 14.3. The van der Waals surface area contributed by atoms with Gasteiger partial charge in [0.25, 0.3) is 0 Å². The number of hydrogen-bond donors (Lipinski definition) is 0. The van der Waals surface area contributed by atoms with Gasteiger partial charge in [0, 0.05) is 11.9 Å². The third kappa shape index (κ3) is 2.92. The van der Waals surface area contributed by atoms with Crippen molar-refractivity contribution in [3.05, 3.63) is 88.5 Å². The first kappa shape index (κ1) is 14.9. The van der Waals surface area contributed by atoms with E-state index in [-0.39, 0.29) is 0 Å². The zero-order chi connectivity index (χ0) is 16.5. The molecule has 0 radical (unpaired) electrons. The van der Waals surface area contributed by atoms with Crippen LogP contribution in [0, 0.1) is 13.8 Å². The highest BCUT2D eigenvalue weighted by molar-refractivity contribution is 5.41. The van der Waals surface area contributed by atoms with Crippen LogP contribution >= 0.6 is 0 Å². The van der Waals surface area contributed by atoms with Crippen LogP contribution in [0.5, 0.6) is 0 Å². The first-order chi connectivity index (χ1) is 11.7. The molecule has 1 heterocycles. The first-order valence-corrected chi connectivity index (χ1v) is 8.62. The predicted octanol–water partition coefficient (Wildman–Crippen LogP) is 4.82. The summed E-state index contributed by atoms with van der Waals surface area (Å²) in [5.74, 6) is 0. The molecule has 0 fully saturated rings. The molecule has 4 rings (SSSR count). The summed E-state index contributed by atoms with van der Waals surface area (Å²) in [4.78, 5) is 4.92. The normalized spacial score (nSPS) is 14.0. The molecule has 120 valence electrons. The fourth-order valence-electron chi connectivity index (χ4n) is 3.30. The van der Waals surface area contributed by atoms with Gasteiger partial charge in [-0.1, -0.05) is 35.4 Å². The molecule has 0 saturated carbocycles. The molecule has 1 aromatic heterocycles. The van der Waals surface area contributed by atoms with Crippen molar-refractivity contribution in [1.29, 1.82) is 0 Å². The summed E-state index contributed by atoms with van der Waals surface area (Å²) in [5.41, 5.74) is 8.61. The van der Waals surface area contributed by atoms with Gasteiger partial charge in [-0.05, 0) is 74.6 Å². The van der Waals surface area contributed by atoms with Crippen molar-refractivity contribution in [1.82, 2.24) is 4.57 Å². The molecule has 3 aromatic rings. The lowest BCUT2D eigenvalue weighted by Gasteiger charge is -2.11. The summed E-state index contributed by atoms with van der Waals surface area (Å²) in [5, 5.41) is 0. The van der Waals surface area contributed by atoms with Crippen LogP contribution in [-0.4, -0.2) is 4.57 Å². The van der Waals surface area contributed by atoms with Crippen molar-refractivity contribution in [2.24, 2.45) is 4.99 Å². The van der Waals surface area contributed by atoms with Crippen LogP contribution < -0.4 is 5.49 Å². The molecular weight excluding hydrogens is 292 g/mol. The number of rotatable bonds is 2. The van der Waals surface area contributed by atoms with Gasteiger partial charge >= 0.3 is 0 Å². The Kier molecular flexibility index (Phi) is 3.81. The lowest BCUT2D eigenvalue weighted by molar-refractivity contribution is 0.905. The summed E-state index contributed by atoms with van der Waals surface area (Å²) >= 11 is 0. The zero-order valence-electron chi connectivity index (χ0n) is 14.3. The van der Waals surface area contributed by atoms with Gasteiger partial charge in [-0.2, -0.15) is 0 Å². The molecule has 2 nitrogen and oxygen atoms in total. The van der Waals surface area contributed by atoms with Crippen LogP contribution in [0.15, 0.2) is 65.8 Å². The second-order valence-corrected chi connectivity index (χ2v) is 6.69. The van der Waals surface area contributed by atoms with E-state index in [1.807, 2.05) is 0 Å². The van der Waals surface area contributed by atoms with Crippen LogP contribution in [-0.2, 0) is 12.8 Å².